The maximum absolute atomic E-state index is 11.6. The highest BCUT2D eigenvalue weighted by molar-refractivity contribution is 7.20. The molecular weight excluding hydrogens is 282 g/mol. The van der Waals surface area contributed by atoms with Crippen LogP contribution < -0.4 is 10.6 Å². The lowest BCUT2D eigenvalue weighted by Crippen LogP contribution is -2.35. The zero-order valence-corrected chi connectivity index (χ0v) is 11.9. The SMILES string of the molecule is CNC(=O)CNC(=O)Cc1csc(-c2cccs2)n1. The quantitative estimate of drug-likeness (QED) is 0.873. The van der Waals surface area contributed by atoms with Crippen molar-refractivity contribution in [3.63, 3.8) is 0 Å². The van der Waals surface area contributed by atoms with Crippen LogP contribution in [0.15, 0.2) is 22.9 Å². The minimum atomic E-state index is -0.217. The van der Waals surface area contributed by atoms with Crippen LogP contribution in [0.5, 0.6) is 0 Å². The fraction of sp³-hybridized carbons (Fsp3) is 0.250. The van der Waals surface area contributed by atoms with Gasteiger partial charge in [0.1, 0.15) is 5.01 Å². The number of carbonyl (C=O) groups excluding carboxylic acids is 2. The zero-order valence-electron chi connectivity index (χ0n) is 10.3. The predicted octanol–water partition coefficient (Wildman–Crippen LogP) is 1.28. The van der Waals surface area contributed by atoms with Gasteiger partial charge in [0.25, 0.3) is 0 Å². The summed E-state index contributed by atoms with van der Waals surface area (Å²) in [5.41, 5.74) is 0.725. The predicted molar refractivity (Wildman–Crippen MR) is 76.2 cm³/mol. The smallest absolute Gasteiger partial charge is 0.239 e. The zero-order chi connectivity index (χ0) is 13.7. The summed E-state index contributed by atoms with van der Waals surface area (Å²) in [6.07, 6.45) is 0.193. The number of rotatable bonds is 5. The topological polar surface area (TPSA) is 71.1 Å². The number of hydrogen-bond acceptors (Lipinski definition) is 5. The van der Waals surface area contributed by atoms with Crippen molar-refractivity contribution in [3.05, 3.63) is 28.6 Å². The second kappa shape index (κ2) is 6.44. The molecule has 7 heteroatoms. The molecule has 2 heterocycles. The summed E-state index contributed by atoms with van der Waals surface area (Å²) in [7, 11) is 1.53. The number of aromatic nitrogens is 1. The second-order valence-corrected chi connectivity index (χ2v) is 5.55. The molecule has 0 aliphatic rings. The maximum Gasteiger partial charge on any atom is 0.239 e. The van der Waals surface area contributed by atoms with Crippen molar-refractivity contribution in [2.24, 2.45) is 0 Å². The van der Waals surface area contributed by atoms with Gasteiger partial charge in [-0.3, -0.25) is 9.59 Å². The monoisotopic (exact) mass is 295 g/mol. The summed E-state index contributed by atoms with van der Waals surface area (Å²) in [5, 5.41) is 9.77. The second-order valence-electron chi connectivity index (χ2n) is 3.75. The number of thiazole rings is 1. The van der Waals surface area contributed by atoms with Crippen LogP contribution in [0.1, 0.15) is 5.69 Å². The average Bonchev–Trinajstić information content (AvgIpc) is 3.06. The van der Waals surface area contributed by atoms with Gasteiger partial charge in [0.2, 0.25) is 11.8 Å². The summed E-state index contributed by atoms with van der Waals surface area (Å²) < 4.78 is 0. The Morgan fingerprint density at radius 2 is 2.16 bits per heavy atom. The largest absolute Gasteiger partial charge is 0.358 e. The fourth-order valence-electron chi connectivity index (χ4n) is 1.40. The van der Waals surface area contributed by atoms with Gasteiger partial charge in [0, 0.05) is 12.4 Å². The molecule has 2 N–H and O–H groups in total. The summed E-state index contributed by atoms with van der Waals surface area (Å²) >= 11 is 3.14. The molecule has 0 fully saturated rings. The molecule has 19 heavy (non-hydrogen) atoms. The van der Waals surface area contributed by atoms with E-state index in [1.54, 1.807) is 11.3 Å². The van der Waals surface area contributed by atoms with Gasteiger partial charge in [-0.05, 0) is 11.4 Å². The lowest BCUT2D eigenvalue weighted by molar-refractivity contribution is -0.125. The van der Waals surface area contributed by atoms with E-state index < -0.39 is 0 Å². The van der Waals surface area contributed by atoms with E-state index in [1.165, 1.54) is 18.4 Å². The van der Waals surface area contributed by atoms with E-state index in [-0.39, 0.29) is 24.8 Å². The van der Waals surface area contributed by atoms with Crippen LogP contribution in [-0.4, -0.2) is 30.4 Å². The van der Waals surface area contributed by atoms with Crippen LogP contribution in [-0.2, 0) is 16.0 Å². The van der Waals surface area contributed by atoms with Crippen molar-refractivity contribution >= 4 is 34.5 Å². The number of nitrogens with one attached hydrogen (secondary N) is 2. The molecule has 5 nitrogen and oxygen atoms in total. The van der Waals surface area contributed by atoms with E-state index in [1.807, 2.05) is 22.9 Å². The first-order valence-corrected chi connectivity index (χ1v) is 7.40. The van der Waals surface area contributed by atoms with Crippen molar-refractivity contribution in [2.45, 2.75) is 6.42 Å². The van der Waals surface area contributed by atoms with E-state index in [0.29, 0.717) is 0 Å². The highest BCUT2D eigenvalue weighted by Gasteiger charge is 2.10. The van der Waals surface area contributed by atoms with E-state index >= 15 is 0 Å². The molecule has 0 unspecified atom stereocenters. The van der Waals surface area contributed by atoms with Crippen molar-refractivity contribution in [2.75, 3.05) is 13.6 Å². The standard InChI is InChI=1S/C12H13N3O2S2/c1-13-11(17)6-14-10(16)5-8-7-19-12(15-8)9-3-2-4-18-9/h2-4,7H,5-6H2,1H3,(H,13,17)(H,14,16). The molecule has 0 atom stereocenters. The maximum atomic E-state index is 11.6. The lowest BCUT2D eigenvalue weighted by Gasteiger charge is -2.02. The van der Waals surface area contributed by atoms with E-state index in [9.17, 15) is 9.59 Å². The van der Waals surface area contributed by atoms with E-state index in [2.05, 4.69) is 15.6 Å². The Morgan fingerprint density at radius 1 is 1.32 bits per heavy atom. The average molecular weight is 295 g/mol. The lowest BCUT2D eigenvalue weighted by atomic mass is 10.3. The first-order chi connectivity index (χ1) is 9.19. The summed E-state index contributed by atoms with van der Waals surface area (Å²) in [4.78, 5) is 28.1. The first-order valence-electron chi connectivity index (χ1n) is 5.64. The van der Waals surface area contributed by atoms with Crippen molar-refractivity contribution < 1.29 is 9.59 Å². The molecule has 0 radical (unpaired) electrons. The van der Waals surface area contributed by atoms with Crippen LogP contribution >= 0.6 is 22.7 Å². The van der Waals surface area contributed by atoms with Gasteiger partial charge >= 0.3 is 0 Å². The number of amides is 2. The van der Waals surface area contributed by atoms with Gasteiger partial charge in [-0.25, -0.2) is 4.98 Å². The molecule has 0 spiro atoms. The molecule has 2 amide bonds. The van der Waals surface area contributed by atoms with Gasteiger partial charge < -0.3 is 10.6 Å². The van der Waals surface area contributed by atoms with Crippen LogP contribution in [0.2, 0.25) is 0 Å². The summed E-state index contributed by atoms with van der Waals surface area (Å²) in [5.74, 6) is -0.419. The van der Waals surface area contributed by atoms with Gasteiger partial charge in [0.05, 0.1) is 23.5 Å². The Balaban J connectivity index is 1.89. The Labute approximate surface area is 118 Å². The molecular formula is C12H13N3O2S2. The highest BCUT2D eigenvalue weighted by atomic mass is 32.1. The van der Waals surface area contributed by atoms with Crippen LogP contribution in [0.3, 0.4) is 0 Å². The number of hydrogen-bond donors (Lipinski definition) is 2. The molecule has 2 aromatic rings. The van der Waals surface area contributed by atoms with Gasteiger partial charge in [0.15, 0.2) is 0 Å². The Kier molecular flexibility index (Phi) is 4.64. The van der Waals surface area contributed by atoms with Gasteiger partial charge in [-0.2, -0.15) is 0 Å². The molecule has 0 aliphatic carbocycles. The number of carbonyl (C=O) groups is 2. The van der Waals surface area contributed by atoms with E-state index in [4.69, 9.17) is 0 Å². The number of likely N-dealkylation sites (N-methyl/N-ethyl adjacent to an activating group) is 1. The molecule has 0 bridgehead atoms. The van der Waals surface area contributed by atoms with Crippen molar-refractivity contribution in [1.29, 1.82) is 0 Å². The van der Waals surface area contributed by atoms with Crippen molar-refractivity contribution in [1.82, 2.24) is 15.6 Å². The van der Waals surface area contributed by atoms with Crippen molar-refractivity contribution in [3.8, 4) is 9.88 Å². The van der Waals surface area contributed by atoms with Crippen LogP contribution in [0.4, 0.5) is 0 Å². The molecule has 0 aliphatic heterocycles. The molecule has 2 aromatic heterocycles. The van der Waals surface area contributed by atoms with E-state index in [0.717, 1.165) is 15.6 Å². The number of nitrogens with zero attached hydrogens (tertiary/aromatic N) is 1. The third-order valence-corrected chi connectivity index (χ3v) is 4.28. The first kappa shape index (κ1) is 13.7. The fourth-order valence-corrected chi connectivity index (χ4v) is 3.03. The van der Waals surface area contributed by atoms with Gasteiger partial charge in [-0.1, -0.05) is 6.07 Å². The molecule has 0 saturated carbocycles. The summed E-state index contributed by atoms with van der Waals surface area (Å²) in [6.45, 7) is -0.00273. The minimum Gasteiger partial charge on any atom is -0.358 e. The number of thiophene rings is 1. The molecule has 0 saturated heterocycles. The van der Waals surface area contributed by atoms with Crippen LogP contribution in [0.25, 0.3) is 9.88 Å². The molecule has 2 rings (SSSR count). The Morgan fingerprint density at radius 3 is 2.84 bits per heavy atom. The molecule has 0 aromatic carbocycles. The summed E-state index contributed by atoms with van der Waals surface area (Å²) in [6, 6.07) is 3.97. The Bertz CT molecular complexity index is 563. The molecule has 100 valence electrons. The van der Waals surface area contributed by atoms with Crippen LogP contribution in [0, 0.1) is 0 Å². The normalized spacial score (nSPS) is 10.2. The Hall–Kier alpha value is -1.73. The third kappa shape index (κ3) is 3.87. The third-order valence-electron chi connectivity index (χ3n) is 2.35. The highest BCUT2D eigenvalue weighted by Crippen LogP contribution is 2.27. The van der Waals surface area contributed by atoms with Gasteiger partial charge in [-0.15, -0.1) is 22.7 Å². The minimum absolute atomic E-state index is 0.00273.